The zero-order chi connectivity index (χ0) is 40.9. The number of ether oxygens (including phenoxy) is 2. The van der Waals surface area contributed by atoms with Crippen molar-refractivity contribution < 1.29 is 39.8 Å². The molecular formula is C47H91NO8. The predicted octanol–water partition coefficient (Wildman–Crippen LogP) is 10.1. The molecule has 1 heterocycles. The standard InChI is InChI=1S/C47H91NO8/c1-3-5-7-9-11-13-14-15-16-17-18-19-20-21-22-23-24-25-26-27-29-31-33-35-37-43(51)48-40(41(50)36-34-32-30-28-12-10-8-6-4-2)39-55-47-46(54)45(53)44(52)42(38-49)56-47/h34,36,40-42,44-47,49-50,52-54H,3-33,35,37-39H2,1-2H3,(H,48,51)/b36-34+/t40-,41+,42+,44-,45?,46?,47+/m0/s1. The Labute approximate surface area is 344 Å². The summed E-state index contributed by atoms with van der Waals surface area (Å²) < 4.78 is 11.2. The molecule has 56 heavy (non-hydrogen) atoms. The minimum atomic E-state index is -1.56. The van der Waals surface area contributed by atoms with Crippen LogP contribution in [0.15, 0.2) is 12.2 Å². The predicted molar refractivity (Wildman–Crippen MR) is 231 cm³/mol. The molecule has 0 saturated carbocycles. The molecule has 1 amide bonds. The largest absolute Gasteiger partial charge is 0.394 e. The van der Waals surface area contributed by atoms with Gasteiger partial charge in [-0.1, -0.05) is 212 Å². The lowest BCUT2D eigenvalue weighted by Crippen LogP contribution is -2.60. The third-order valence-electron chi connectivity index (χ3n) is 11.6. The summed E-state index contributed by atoms with van der Waals surface area (Å²) in [5, 5.41) is 54.0. The SMILES string of the molecule is CCCCCCCCC/C=C/[C@@H](O)[C@H](CO[C@@H]1O[C@H](CO)[C@H](O)C(O)C1O)NC(=O)CCCCCCCCCCCCCCCCCCCCCCCCCC. The number of allylic oxidation sites excluding steroid dienone is 1. The van der Waals surface area contributed by atoms with Crippen molar-refractivity contribution >= 4 is 5.91 Å². The Hall–Kier alpha value is -1.07. The van der Waals surface area contributed by atoms with Gasteiger partial charge in [-0.3, -0.25) is 4.79 Å². The van der Waals surface area contributed by atoms with Gasteiger partial charge >= 0.3 is 0 Å². The summed E-state index contributed by atoms with van der Waals surface area (Å²) in [5.74, 6) is -0.175. The molecule has 2 unspecified atom stereocenters. The summed E-state index contributed by atoms with van der Waals surface area (Å²) in [4.78, 5) is 12.9. The van der Waals surface area contributed by atoms with Crippen LogP contribution in [-0.2, 0) is 14.3 Å². The first-order valence-electron chi connectivity index (χ1n) is 23.9. The molecule has 9 heteroatoms. The molecule has 1 fully saturated rings. The third kappa shape index (κ3) is 28.4. The maximum absolute atomic E-state index is 12.9. The molecule has 1 aliphatic rings. The van der Waals surface area contributed by atoms with E-state index in [1.807, 2.05) is 6.08 Å². The van der Waals surface area contributed by atoms with Crippen molar-refractivity contribution in [1.29, 1.82) is 0 Å². The van der Waals surface area contributed by atoms with Gasteiger partial charge in [0.05, 0.1) is 25.4 Å². The number of aliphatic hydroxyl groups is 5. The van der Waals surface area contributed by atoms with Crippen molar-refractivity contribution in [3.8, 4) is 0 Å². The molecule has 1 aliphatic heterocycles. The fourth-order valence-electron chi connectivity index (χ4n) is 7.75. The lowest BCUT2D eigenvalue weighted by Gasteiger charge is -2.40. The summed E-state index contributed by atoms with van der Waals surface area (Å²) in [5.41, 5.74) is 0. The molecule has 6 N–H and O–H groups in total. The molecule has 0 aromatic carbocycles. The Morgan fingerprint density at radius 1 is 0.589 bits per heavy atom. The highest BCUT2D eigenvalue weighted by atomic mass is 16.7. The Morgan fingerprint density at radius 3 is 1.39 bits per heavy atom. The Morgan fingerprint density at radius 2 is 0.982 bits per heavy atom. The number of aliphatic hydroxyl groups excluding tert-OH is 5. The summed E-state index contributed by atoms with van der Waals surface area (Å²) in [6, 6.07) is -0.797. The van der Waals surface area contributed by atoms with Gasteiger partial charge in [0.25, 0.3) is 0 Å². The van der Waals surface area contributed by atoms with Crippen molar-refractivity contribution in [2.45, 2.75) is 269 Å². The number of rotatable bonds is 40. The van der Waals surface area contributed by atoms with Crippen LogP contribution in [0.5, 0.6) is 0 Å². The van der Waals surface area contributed by atoms with Gasteiger partial charge in [0.15, 0.2) is 6.29 Å². The van der Waals surface area contributed by atoms with Crippen molar-refractivity contribution in [2.24, 2.45) is 0 Å². The van der Waals surface area contributed by atoms with Crippen molar-refractivity contribution in [2.75, 3.05) is 13.2 Å². The van der Waals surface area contributed by atoms with E-state index in [4.69, 9.17) is 9.47 Å². The fraction of sp³-hybridized carbons (Fsp3) is 0.936. The van der Waals surface area contributed by atoms with Gasteiger partial charge in [0.1, 0.15) is 24.4 Å². The van der Waals surface area contributed by atoms with E-state index in [1.54, 1.807) is 6.08 Å². The van der Waals surface area contributed by atoms with E-state index >= 15 is 0 Å². The average molecular weight is 798 g/mol. The van der Waals surface area contributed by atoms with E-state index < -0.39 is 49.5 Å². The van der Waals surface area contributed by atoms with E-state index in [-0.39, 0.29) is 12.5 Å². The van der Waals surface area contributed by atoms with Gasteiger partial charge < -0.3 is 40.3 Å². The van der Waals surface area contributed by atoms with Gasteiger partial charge in [-0.25, -0.2) is 0 Å². The van der Waals surface area contributed by atoms with Crippen LogP contribution in [0.25, 0.3) is 0 Å². The van der Waals surface area contributed by atoms with E-state index in [9.17, 15) is 30.3 Å². The topological polar surface area (TPSA) is 149 Å². The molecule has 7 atom stereocenters. The molecule has 0 radical (unpaired) electrons. The molecule has 1 rings (SSSR count). The summed E-state index contributed by atoms with van der Waals surface area (Å²) in [6.45, 7) is 3.75. The number of hydrogen-bond donors (Lipinski definition) is 6. The lowest BCUT2D eigenvalue weighted by atomic mass is 9.99. The fourth-order valence-corrected chi connectivity index (χ4v) is 7.75. The minimum Gasteiger partial charge on any atom is -0.394 e. The monoisotopic (exact) mass is 798 g/mol. The molecule has 0 aromatic rings. The molecule has 332 valence electrons. The van der Waals surface area contributed by atoms with Crippen molar-refractivity contribution in [3.05, 3.63) is 12.2 Å². The number of amides is 1. The Kier molecular flexibility index (Phi) is 36.1. The van der Waals surface area contributed by atoms with Crippen LogP contribution in [-0.4, -0.2) is 87.5 Å². The summed E-state index contributed by atoms with van der Waals surface area (Å²) >= 11 is 0. The molecule has 9 nitrogen and oxygen atoms in total. The van der Waals surface area contributed by atoms with Crippen LogP contribution >= 0.6 is 0 Å². The van der Waals surface area contributed by atoms with Crippen LogP contribution in [0.2, 0.25) is 0 Å². The van der Waals surface area contributed by atoms with Crippen LogP contribution in [0.4, 0.5) is 0 Å². The highest BCUT2D eigenvalue weighted by Crippen LogP contribution is 2.23. The molecule has 0 aliphatic carbocycles. The maximum Gasteiger partial charge on any atom is 0.220 e. The zero-order valence-electron chi connectivity index (χ0n) is 36.4. The number of nitrogens with one attached hydrogen (secondary N) is 1. The normalized spacial score (nSPS) is 21.2. The molecular weight excluding hydrogens is 707 g/mol. The zero-order valence-corrected chi connectivity index (χ0v) is 36.4. The van der Waals surface area contributed by atoms with Crippen molar-refractivity contribution in [3.63, 3.8) is 0 Å². The van der Waals surface area contributed by atoms with E-state index in [1.165, 1.54) is 167 Å². The highest BCUT2D eigenvalue weighted by molar-refractivity contribution is 5.76. The second kappa shape index (κ2) is 38.2. The van der Waals surface area contributed by atoms with Gasteiger partial charge in [-0.2, -0.15) is 0 Å². The van der Waals surface area contributed by atoms with E-state index in [0.717, 1.165) is 38.5 Å². The number of unbranched alkanes of at least 4 members (excludes halogenated alkanes) is 30. The van der Waals surface area contributed by atoms with Gasteiger partial charge in [-0.15, -0.1) is 0 Å². The van der Waals surface area contributed by atoms with Crippen LogP contribution < -0.4 is 5.32 Å². The molecule has 0 aromatic heterocycles. The molecule has 0 bridgehead atoms. The first-order chi connectivity index (χ1) is 27.3. The number of hydrogen-bond acceptors (Lipinski definition) is 8. The summed E-state index contributed by atoms with van der Waals surface area (Å²) in [7, 11) is 0. The minimum absolute atomic E-state index is 0.175. The van der Waals surface area contributed by atoms with Crippen LogP contribution in [0, 0.1) is 0 Å². The van der Waals surface area contributed by atoms with Gasteiger partial charge in [-0.05, 0) is 19.3 Å². The van der Waals surface area contributed by atoms with E-state index in [2.05, 4.69) is 19.2 Å². The summed E-state index contributed by atoms with van der Waals surface area (Å²) in [6.07, 6.45) is 37.1. The number of carbonyl (C=O) groups is 1. The van der Waals surface area contributed by atoms with Crippen molar-refractivity contribution in [1.82, 2.24) is 5.32 Å². The van der Waals surface area contributed by atoms with Gasteiger partial charge in [0.2, 0.25) is 5.91 Å². The first-order valence-corrected chi connectivity index (χ1v) is 23.9. The van der Waals surface area contributed by atoms with Gasteiger partial charge in [0, 0.05) is 6.42 Å². The molecule has 0 spiro atoms. The number of carbonyl (C=O) groups excluding carboxylic acids is 1. The average Bonchev–Trinajstić information content (AvgIpc) is 3.20. The quantitative estimate of drug-likeness (QED) is 0.0265. The highest BCUT2D eigenvalue weighted by Gasteiger charge is 2.44. The van der Waals surface area contributed by atoms with Crippen LogP contribution in [0.1, 0.15) is 226 Å². The molecule has 1 saturated heterocycles. The lowest BCUT2D eigenvalue weighted by molar-refractivity contribution is -0.302. The second-order valence-electron chi connectivity index (χ2n) is 16.9. The Balaban J connectivity index is 2.19. The first kappa shape index (κ1) is 52.9. The third-order valence-corrected chi connectivity index (χ3v) is 11.6. The van der Waals surface area contributed by atoms with Crippen LogP contribution in [0.3, 0.4) is 0 Å². The Bertz CT molecular complexity index is 888. The van der Waals surface area contributed by atoms with E-state index in [0.29, 0.717) is 6.42 Å². The maximum atomic E-state index is 12.9. The smallest absolute Gasteiger partial charge is 0.220 e. The second-order valence-corrected chi connectivity index (χ2v) is 16.9.